The van der Waals surface area contributed by atoms with Gasteiger partial charge < -0.3 is 4.55 Å². The minimum atomic E-state index is -2.69. The van der Waals surface area contributed by atoms with Crippen LogP contribution in [0.1, 0.15) is 20.8 Å². The Morgan fingerprint density at radius 2 is 1.83 bits per heavy atom. The van der Waals surface area contributed by atoms with Gasteiger partial charge in [-0.1, -0.05) is 18.2 Å². The Bertz CT molecular complexity index is 460. The zero-order valence-electron chi connectivity index (χ0n) is 10.9. The molecule has 0 aliphatic heterocycles. The van der Waals surface area contributed by atoms with E-state index in [-0.39, 0.29) is 10.4 Å². The van der Waals surface area contributed by atoms with Crippen LogP contribution in [0.4, 0.5) is 5.69 Å². The molecule has 0 saturated carbocycles. The molecule has 0 fully saturated rings. The van der Waals surface area contributed by atoms with E-state index < -0.39 is 17.1 Å². The van der Waals surface area contributed by atoms with Crippen LogP contribution in [0.3, 0.4) is 0 Å². The fourth-order valence-electron chi connectivity index (χ4n) is 1.84. The van der Waals surface area contributed by atoms with Gasteiger partial charge in [0.15, 0.2) is 0 Å². The quantitative estimate of drug-likeness (QED) is 0.475. The van der Waals surface area contributed by atoms with E-state index in [9.17, 15) is 13.6 Å². The predicted octanol–water partition coefficient (Wildman–Crippen LogP) is 1.72. The Labute approximate surface area is 109 Å². The second-order valence-corrected chi connectivity index (χ2v) is 5.17. The number of carbonyl (C=O) groups is 1. The topological polar surface area (TPSA) is 66.4 Å². The lowest BCUT2D eigenvalue weighted by molar-refractivity contribution is -0.140. The summed E-state index contributed by atoms with van der Waals surface area (Å²) >= 11 is -2.69. The number of benzene rings is 1. The molecule has 0 aliphatic rings. The smallest absolute Gasteiger partial charge is 0.317 e. The molecular weight excluding hydrogens is 254 g/mol. The van der Waals surface area contributed by atoms with Gasteiger partial charge in [-0.15, -0.1) is 0 Å². The third-order valence-corrected chi connectivity index (χ3v) is 3.80. The first-order valence-corrected chi connectivity index (χ1v) is 6.44. The minimum absolute atomic E-state index is 0.211. The Kier molecular flexibility index (Phi) is 4.39. The average molecular weight is 271 g/mol. The van der Waals surface area contributed by atoms with Crippen molar-refractivity contribution in [1.29, 1.82) is 0 Å². The van der Waals surface area contributed by atoms with Crippen molar-refractivity contribution in [1.82, 2.24) is 4.48 Å². The molecule has 6 heteroatoms. The van der Waals surface area contributed by atoms with Gasteiger partial charge in [-0.3, -0.25) is 0 Å². The lowest BCUT2D eigenvalue weighted by Crippen LogP contribution is -2.64. The lowest BCUT2D eigenvalue weighted by Gasteiger charge is -2.43. The number of rotatable bonds is 4. The molecule has 0 saturated heterocycles. The number of amides is 1. The van der Waals surface area contributed by atoms with Crippen molar-refractivity contribution in [3.63, 3.8) is 0 Å². The van der Waals surface area contributed by atoms with Gasteiger partial charge in [0.2, 0.25) is 5.72 Å². The summed E-state index contributed by atoms with van der Waals surface area (Å²) in [4.78, 5) is 12.0. The predicted molar refractivity (Wildman–Crippen MR) is 68.9 cm³/mol. The van der Waals surface area contributed by atoms with Crippen LogP contribution in [0.15, 0.2) is 30.3 Å². The fourth-order valence-corrected chi connectivity index (χ4v) is 2.32. The molecule has 2 atom stereocenters. The van der Waals surface area contributed by atoms with Crippen molar-refractivity contribution in [2.24, 2.45) is 0 Å². The van der Waals surface area contributed by atoms with Crippen LogP contribution >= 0.6 is 0 Å². The Hall–Kier alpha value is -1.08. The molecule has 2 unspecified atom stereocenters. The van der Waals surface area contributed by atoms with Crippen molar-refractivity contribution in [2.75, 3.05) is 7.05 Å². The van der Waals surface area contributed by atoms with Gasteiger partial charge in [-0.25, -0.2) is 17.7 Å². The van der Waals surface area contributed by atoms with Gasteiger partial charge in [-0.05, 0) is 12.1 Å². The first-order valence-electron chi connectivity index (χ1n) is 5.44. The highest BCUT2D eigenvalue weighted by molar-refractivity contribution is 7.74. The van der Waals surface area contributed by atoms with Crippen LogP contribution in [0, 0.1) is 0 Å². The van der Waals surface area contributed by atoms with Crippen molar-refractivity contribution < 1.29 is 17.7 Å². The highest BCUT2D eigenvalue weighted by atomic mass is 32.2. The van der Waals surface area contributed by atoms with E-state index in [1.807, 2.05) is 6.07 Å². The second kappa shape index (κ2) is 5.27. The molecule has 0 aliphatic carbocycles. The summed E-state index contributed by atoms with van der Waals surface area (Å²) in [6.07, 6.45) is 0. The average Bonchev–Trinajstić information content (AvgIpc) is 2.26. The largest absolute Gasteiger partial charge is 0.750 e. The zero-order valence-corrected chi connectivity index (χ0v) is 11.7. The van der Waals surface area contributed by atoms with Crippen LogP contribution in [-0.4, -0.2) is 27.4 Å². The molecule has 0 aromatic heterocycles. The molecule has 0 bridgehead atoms. The van der Waals surface area contributed by atoms with Crippen LogP contribution in [-0.2, 0) is 20.3 Å². The molecule has 0 N–H and O–H groups in total. The van der Waals surface area contributed by atoms with Gasteiger partial charge in [0.1, 0.15) is 5.69 Å². The lowest BCUT2D eigenvalue weighted by atomic mass is 10.1. The van der Waals surface area contributed by atoms with Gasteiger partial charge >= 0.3 is 5.91 Å². The van der Waals surface area contributed by atoms with E-state index in [2.05, 4.69) is 0 Å². The van der Waals surface area contributed by atoms with Crippen LogP contribution in [0.5, 0.6) is 0 Å². The number of nitrogens with zero attached hydrogens (tertiary/aromatic N) is 1. The van der Waals surface area contributed by atoms with Gasteiger partial charge in [0.25, 0.3) is 0 Å². The number of para-hydroxylation sites is 1. The molecule has 1 aromatic carbocycles. The fraction of sp³-hybridized carbons (Fsp3) is 0.417. The van der Waals surface area contributed by atoms with Crippen LogP contribution < -0.4 is 4.48 Å². The number of quaternary nitrogens is 1. The summed E-state index contributed by atoms with van der Waals surface area (Å²) in [6, 6.07) is 8.94. The van der Waals surface area contributed by atoms with E-state index >= 15 is 0 Å². The molecule has 1 rings (SSSR count). The first kappa shape index (κ1) is 15.0. The van der Waals surface area contributed by atoms with Gasteiger partial charge in [0, 0.05) is 13.8 Å². The van der Waals surface area contributed by atoms with Crippen LogP contribution in [0.2, 0.25) is 0 Å². The first-order chi connectivity index (χ1) is 8.22. The summed E-state index contributed by atoms with van der Waals surface area (Å²) in [5, 5.41) is 0. The molecular formula is C12H17NO4S. The normalized spacial score (nSPS) is 16.9. The summed E-state index contributed by atoms with van der Waals surface area (Å²) in [5.41, 5.74) is -0.555. The highest BCUT2D eigenvalue weighted by Gasteiger charge is 2.48. The number of carbonyl (C=O) groups excluding carboxylic acids is 1. The monoisotopic (exact) mass is 271 g/mol. The summed E-state index contributed by atoms with van der Waals surface area (Å²) in [6.45, 7) is 4.54. The third-order valence-electron chi connectivity index (χ3n) is 3.25. The Morgan fingerprint density at radius 1 is 1.33 bits per heavy atom. The van der Waals surface area contributed by atoms with Crippen molar-refractivity contribution in [2.45, 2.75) is 26.5 Å². The van der Waals surface area contributed by atoms with E-state index in [1.54, 1.807) is 45.2 Å². The van der Waals surface area contributed by atoms with E-state index in [0.29, 0.717) is 5.69 Å². The van der Waals surface area contributed by atoms with Crippen molar-refractivity contribution >= 4 is 23.0 Å². The standard InChI is InChI=1S/C12H17NO4S/c1-10(14)13(4,11-8-6-5-7-9-11)12(2,3)17-18(15)16/h5-9H,1-4H3. The maximum atomic E-state index is 12.0. The minimum Gasteiger partial charge on any atom is -0.750 e. The van der Waals surface area contributed by atoms with Crippen molar-refractivity contribution in [3.8, 4) is 0 Å². The Balaban J connectivity index is 3.33. The van der Waals surface area contributed by atoms with Gasteiger partial charge in [-0.2, -0.15) is 0 Å². The van der Waals surface area contributed by atoms with Crippen LogP contribution in [0.25, 0.3) is 0 Å². The van der Waals surface area contributed by atoms with Gasteiger partial charge in [0.05, 0.1) is 25.3 Å². The summed E-state index contributed by atoms with van der Waals surface area (Å²) < 4.78 is 26.2. The van der Waals surface area contributed by atoms with E-state index in [1.165, 1.54) is 6.92 Å². The molecule has 1 aromatic rings. The highest BCUT2D eigenvalue weighted by Crippen LogP contribution is 2.32. The molecule has 1 amide bonds. The molecule has 100 valence electrons. The molecule has 18 heavy (non-hydrogen) atoms. The number of hydrogen-bond acceptors (Lipinski definition) is 4. The molecule has 0 spiro atoms. The number of hydrogen-bond donors (Lipinski definition) is 0. The molecule has 0 heterocycles. The molecule has 0 radical (unpaired) electrons. The SMILES string of the molecule is CC(=O)[N+](C)(c1ccccc1)C(C)(C)OS(=O)[O-]. The summed E-state index contributed by atoms with van der Waals surface area (Å²) in [5.74, 6) is -0.211. The van der Waals surface area contributed by atoms with Crippen molar-refractivity contribution in [3.05, 3.63) is 30.3 Å². The van der Waals surface area contributed by atoms with E-state index in [4.69, 9.17) is 4.18 Å². The summed E-state index contributed by atoms with van der Waals surface area (Å²) in [7, 11) is 1.63. The maximum Gasteiger partial charge on any atom is 0.317 e. The second-order valence-electron chi connectivity index (χ2n) is 4.60. The Morgan fingerprint density at radius 3 is 2.22 bits per heavy atom. The third kappa shape index (κ3) is 2.67. The zero-order chi connectivity index (χ0) is 14.0. The van der Waals surface area contributed by atoms with E-state index in [0.717, 1.165) is 0 Å². The maximum absolute atomic E-state index is 12.0. The molecule has 5 nitrogen and oxygen atoms in total.